The van der Waals surface area contributed by atoms with Crippen molar-refractivity contribution in [1.29, 1.82) is 0 Å². The summed E-state index contributed by atoms with van der Waals surface area (Å²) in [6.07, 6.45) is -1.16. The largest absolute Gasteiger partial charge is 0.444 e. The van der Waals surface area contributed by atoms with Crippen LogP contribution in [0.15, 0.2) is 0 Å². The quantitative estimate of drug-likeness (QED) is 0.654. The molecule has 3 N–H and O–H groups in total. The zero-order valence-corrected chi connectivity index (χ0v) is 9.77. The van der Waals surface area contributed by atoms with Crippen molar-refractivity contribution in [3.05, 3.63) is 0 Å². The Morgan fingerprint density at radius 1 is 1.44 bits per heavy atom. The number of primary amides is 1. The van der Waals surface area contributed by atoms with Gasteiger partial charge in [0.15, 0.2) is 0 Å². The average Bonchev–Trinajstić information content (AvgIpc) is 2.44. The minimum absolute atomic E-state index is 0.0858. The monoisotopic (exact) mass is 230 g/mol. The Labute approximate surface area is 94.3 Å². The number of rotatable bonds is 1. The van der Waals surface area contributed by atoms with Gasteiger partial charge in [0.05, 0.1) is 12.6 Å². The lowest BCUT2D eigenvalue weighted by Gasteiger charge is -2.26. The van der Waals surface area contributed by atoms with Crippen molar-refractivity contribution >= 4 is 12.0 Å². The van der Waals surface area contributed by atoms with Crippen molar-refractivity contribution in [1.82, 2.24) is 4.90 Å². The Morgan fingerprint density at radius 3 is 2.44 bits per heavy atom. The zero-order valence-electron chi connectivity index (χ0n) is 9.77. The molecule has 1 heterocycles. The second kappa shape index (κ2) is 4.29. The molecule has 1 rings (SSSR count). The van der Waals surface area contributed by atoms with Gasteiger partial charge in [-0.05, 0) is 20.8 Å². The number of nitrogens with zero attached hydrogens (tertiary/aromatic N) is 1. The predicted octanol–water partition coefficient (Wildman–Crippen LogP) is -0.158. The maximum Gasteiger partial charge on any atom is 0.411 e. The third-order valence-corrected chi connectivity index (χ3v) is 2.24. The molecule has 6 heteroatoms. The first kappa shape index (κ1) is 12.8. The highest BCUT2D eigenvalue weighted by molar-refractivity contribution is 5.85. The fourth-order valence-corrected chi connectivity index (χ4v) is 1.61. The third-order valence-electron chi connectivity index (χ3n) is 2.24. The number of hydrogen-bond acceptors (Lipinski definition) is 4. The first-order valence-electron chi connectivity index (χ1n) is 5.17. The highest BCUT2D eigenvalue weighted by Gasteiger charge is 2.39. The van der Waals surface area contributed by atoms with Crippen LogP contribution in [-0.4, -0.2) is 46.3 Å². The fraction of sp³-hybridized carbons (Fsp3) is 0.800. The second-order valence-electron chi connectivity index (χ2n) is 4.94. The summed E-state index contributed by atoms with van der Waals surface area (Å²) in [5.74, 6) is -0.623. The molecule has 0 aromatic heterocycles. The minimum atomic E-state index is -0.773. The van der Waals surface area contributed by atoms with Crippen molar-refractivity contribution in [2.45, 2.75) is 44.9 Å². The Kier molecular flexibility index (Phi) is 3.42. The first-order chi connectivity index (χ1) is 7.20. The number of hydrogen-bond donors (Lipinski definition) is 2. The van der Waals surface area contributed by atoms with Crippen LogP contribution in [0.1, 0.15) is 27.2 Å². The molecular formula is C10H18N2O4. The van der Waals surface area contributed by atoms with E-state index < -0.39 is 29.7 Å². The van der Waals surface area contributed by atoms with Gasteiger partial charge in [0, 0.05) is 6.42 Å². The van der Waals surface area contributed by atoms with Crippen LogP contribution in [0, 0.1) is 0 Å². The van der Waals surface area contributed by atoms with Crippen LogP contribution in [0.3, 0.4) is 0 Å². The number of carbonyl (C=O) groups excluding carboxylic acids is 2. The van der Waals surface area contributed by atoms with Crippen LogP contribution in [0.2, 0.25) is 0 Å². The van der Waals surface area contributed by atoms with Gasteiger partial charge in [-0.25, -0.2) is 4.79 Å². The van der Waals surface area contributed by atoms with E-state index in [-0.39, 0.29) is 13.0 Å². The normalized spacial score (nSPS) is 25.6. The molecule has 0 aliphatic carbocycles. The van der Waals surface area contributed by atoms with Gasteiger partial charge in [0.2, 0.25) is 5.91 Å². The molecule has 0 saturated carbocycles. The van der Waals surface area contributed by atoms with Gasteiger partial charge in [0.1, 0.15) is 11.6 Å². The van der Waals surface area contributed by atoms with E-state index in [1.54, 1.807) is 20.8 Å². The highest BCUT2D eigenvalue weighted by Crippen LogP contribution is 2.20. The topological polar surface area (TPSA) is 92.9 Å². The average molecular weight is 230 g/mol. The van der Waals surface area contributed by atoms with E-state index in [9.17, 15) is 14.7 Å². The fourth-order valence-electron chi connectivity index (χ4n) is 1.61. The summed E-state index contributed by atoms with van der Waals surface area (Å²) in [6.45, 7) is 5.28. The van der Waals surface area contributed by atoms with Crippen LogP contribution in [0.4, 0.5) is 4.79 Å². The molecule has 1 aliphatic heterocycles. The summed E-state index contributed by atoms with van der Waals surface area (Å²) in [5, 5.41) is 9.41. The van der Waals surface area contributed by atoms with Crippen molar-refractivity contribution in [2.75, 3.05) is 6.54 Å². The molecule has 0 spiro atoms. The lowest BCUT2D eigenvalue weighted by Crippen LogP contribution is -2.45. The maximum atomic E-state index is 11.7. The summed E-state index contributed by atoms with van der Waals surface area (Å²) < 4.78 is 5.12. The van der Waals surface area contributed by atoms with Crippen molar-refractivity contribution < 1.29 is 19.4 Å². The number of aliphatic hydroxyl groups excluding tert-OH is 1. The Bertz CT molecular complexity index is 298. The molecule has 1 unspecified atom stereocenters. The van der Waals surface area contributed by atoms with E-state index in [1.165, 1.54) is 4.90 Å². The number of amides is 2. The number of nitrogens with two attached hydrogens (primary N) is 1. The molecular weight excluding hydrogens is 212 g/mol. The molecule has 92 valence electrons. The summed E-state index contributed by atoms with van der Waals surface area (Å²) in [5.41, 5.74) is 4.52. The Morgan fingerprint density at radius 2 is 2.00 bits per heavy atom. The highest BCUT2D eigenvalue weighted by atomic mass is 16.6. The Balaban J connectivity index is 2.71. The zero-order chi connectivity index (χ0) is 12.5. The third kappa shape index (κ3) is 3.10. The maximum absolute atomic E-state index is 11.7. The molecule has 0 aromatic carbocycles. The lowest BCUT2D eigenvalue weighted by molar-refractivity contribution is -0.122. The second-order valence-corrected chi connectivity index (χ2v) is 4.94. The summed E-state index contributed by atoms with van der Waals surface area (Å²) in [7, 11) is 0. The summed E-state index contributed by atoms with van der Waals surface area (Å²) in [4.78, 5) is 24.0. The van der Waals surface area contributed by atoms with Crippen molar-refractivity contribution in [2.24, 2.45) is 5.73 Å². The van der Waals surface area contributed by atoms with E-state index in [1.807, 2.05) is 0 Å². The molecule has 6 nitrogen and oxygen atoms in total. The molecule has 1 aliphatic rings. The van der Waals surface area contributed by atoms with E-state index in [4.69, 9.17) is 10.5 Å². The molecule has 16 heavy (non-hydrogen) atoms. The smallest absolute Gasteiger partial charge is 0.411 e. The standard InChI is InChI=1S/C10H18N2O4/c1-10(2,3)16-9(15)12-5-6(13)4-7(12)8(11)14/h6-7,13H,4-5H2,1-3H3,(H2,11,14)/t6?,7-/m1/s1. The molecule has 1 fully saturated rings. The van der Waals surface area contributed by atoms with Crippen LogP contribution in [0.25, 0.3) is 0 Å². The number of ether oxygens (including phenoxy) is 1. The van der Waals surface area contributed by atoms with Gasteiger partial charge in [-0.1, -0.05) is 0 Å². The summed E-state index contributed by atoms with van der Waals surface area (Å²) in [6, 6.07) is -0.773. The van der Waals surface area contributed by atoms with Gasteiger partial charge in [-0.15, -0.1) is 0 Å². The van der Waals surface area contributed by atoms with E-state index >= 15 is 0 Å². The van der Waals surface area contributed by atoms with Crippen LogP contribution in [0.5, 0.6) is 0 Å². The van der Waals surface area contributed by atoms with Gasteiger partial charge >= 0.3 is 6.09 Å². The molecule has 0 aromatic rings. The number of aliphatic hydroxyl groups is 1. The summed E-state index contributed by atoms with van der Waals surface area (Å²) >= 11 is 0. The molecule has 0 radical (unpaired) electrons. The van der Waals surface area contributed by atoms with Gasteiger partial charge in [-0.2, -0.15) is 0 Å². The number of carbonyl (C=O) groups is 2. The van der Waals surface area contributed by atoms with Gasteiger partial charge < -0.3 is 15.6 Å². The van der Waals surface area contributed by atoms with Gasteiger partial charge in [-0.3, -0.25) is 9.69 Å². The Hall–Kier alpha value is -1.30. The van der Waals surface area contributed by atoms with E-state index in [0.29, 0.717) is 0 Å². The SMILES string of the molecule is CC(C)(C)OC(=O)N1CC(O)C[C@@H]1C(N)=O. The molecule has 0 bridgehead atoms. The van der Waals surface area contributed by atoms with Crippen molar-refractivity contribution in [3.8, 4) is 0 Å². The predicted molar refractivity (Wildman–Crippen MR) is 56.5 cm³/mol. The first-order valence-corrected chi connectivity index (χ1v) is 5.17. The van der Waals surface area contributed by atoms with Crippen LogP contribution < -0.4 is 5.73 Å². The lowest BCUT2D eigenvalue weighted by atomic mass is 10.2. The van der Waals surface area contributed by atoms with Crippen molar-refractivity contribution in [3.63, 3.8) is 0 Å². The number of β-amino-alcohol motifs (C(OH)–C–C–N with tert-alkyl or cyclic N) is 1. The van der Waals surface area contributed by atoms with E-state index in [0.717, 1.165) is 0 Å². The molecule has 1 saturated heterocycles. The minimum Gasteiger partial charge on any atom is -0.444 e. The van der Waals surface area contributed by atoms with E-state index in [2.05, 4.69) is 0 Å². The molecule has 2 atom stereocenters. The number of likely N-dealkylation sites (tertiary alicyclic amines) is 1. The van der Waals surface area contributed by atoms with Crippen LogP contribution >= 0.6 is 0 Å². The van der Waals surface area contributed by atoms with Gasteiger partial charge in [0.25, 0.3) is 0 Å². The van der Waals surface area contributed by atoms with Crippen LogP contribution in [-0.2, 0) is 9.53 Å². The molecule has 2 amide bonds.